The number of aryl methyl sites for hydroxylation is 3. The van der Waals surface area contributed by atoms with Gasteiger partial charge >= 0.3 is 5.97 Å². The second kappa shape index (κ2) is 9.43. The summed E-state index contributed by atoms with van der Waals surface area (Å²) in [5, 5.41) is 16.0. The van der Waals surface area contributed by atoms with E-state index in [1.54, 1.807) is 23.6 Å². The monoisotopic (exact) mass is 518 g/mol. The van der Waals surface area contributed by atoms with E-state index in [9.17, 15) is 14.7 Å². The largest absolute Gasteiger partial charge is 0.479 e. The van der Waals surface area contributed by atoms with Gasteiger partial charge in [0.25, 0.3) is 5.91 Å². The van der Waals surface area contributed by atoms with Crippen LogP contribution in [0.3, 0.4) is 0 Å². The van der Waals surface area contributed by atoms with E-state index in [0.29, 0.717) is 41.1 Å². The third-order valence-electron chi connectivity index (χ3n) is 7.09. The molecule has 200 valence electrons. The molecule has 38 heavy (non-hydrogen) atoms. The summed E-state index contributed by atoms with van der Waals surface area (Å²) in [4.78, 5) is 34.4. The lowest BCUT2D eigenvalue weighted by atomic mass is 10.0. The van der Waals surface area contributed by atoms with E-state index in [1.807, 2.05) is 50.6 Å². The number of carboxylic acid groups (broad SMARTS) is 1. The fourth-order valence-electron chi connectivity index (χ4n) is 5.11. The predicted octanol–water partition coefficient (Wildman–Crippen LogP) is 3.67. The molecular formula is C28H34N6O4. The van der Waals surface area contributed by atoms with Crippen LogP contribution in [0.2, 0.25) is 0 Å². The van der Waals surface area contributed by atoms with Crippen LogP contribution in [0, 0.1) is 6.92 Å². The predicted molar refractivity (Wildman–Crippen MR) is 145 cm³/mol. The van der Waals surface area contributed by atoms with Gasteiger partial charge in [-0.15, -0.1) is 0 Å². The van der Waals surface area contributed by atoms with Crippen molar-refractivity contribution in [3.8, 4) is 0 Å². The van der Waals surface area contributed by atoms with Gasteiger partial charge in [-0.05, 0) is 58.0 Å². The number of carbonyl (C=O) groups is 2. The van der Waals surface area contributed by atoms with Gasteiger partial charge in [-0.3, -0.25) is 9.48 Å². The maximum atomic E-state index is 13.5. The van der Waals surface area contributed by atoms with Crippen LogP contribution in [0.5, 0.6) is 0 Å². The normalized spacial score (nSPS) is 15.4. The van der Waals surface area contributed by atoms with Crippen LogP contribution in [-0.4, -0.2) is 73.0 Å². The second-order valence-electron chi connectivity index (χ2n) is 10.9. The number of amides is 1. The topological polar surface area (TPSA) is 106 Å². The van der Waals surface area contributed by atoms with Gasteiger partial charge < -0.3 is 24.2 Å². The summed E-state index contributed by atoms with van der Waals surface area (Å²) in [6.45, 7) is 9.89. The molecule has 10 nitrogen and oxygen atoms in total. The van der Waals surface area contributed by atoms with Gasteiger partial charge in [0.2, 0.25) is 0 Å². The van der Waals surface area contributed by atoms with Crippen LogP contribution in [0.1, 0.15) is 48.6 Å². The number of ether oxygens (including phenoxy) is 1. The Morgan fingerprint density at radius 3 is 2.39 bits per heavy atom. The summed E-state index contributed by atoms with van der Waals surface area (Å²) in [5.41, 5.74) is 3.78. The third kappa shape index (κ3) is 4.71. The minimum absolute atomic E-state index is 0.0622. The summed E-state index contributed by atoms with van der Waals surface area (Å²) in [6.07, 6.45) is 0.721. The van der Waals surface area contributed by atoms with Crippen molar-refractivity contribution < 1.29 is 19.4 Å². The van der Waals surface area contributed by atoms with Crippen molar-refractivity contribution in [2.24, 2.45) is 14.1 Å². The van der Waals surface area contributed by atoms with Crippen LogP contribution >= 0.6 is 0 Å². The highest BCUT2D eigenvalue weighted by Crippen LogP contribution is 2.30. The zero-order valence-electron chi connectivity index (χ0n) is 22.7. The fraction of sp³-hybridized carbons (Fsp3) is 0.429. The molecule has 0 radical (unpaired) electrons. The SMILES string of the molecule is Cc1nc2c(cc1[C@H](OC(C)(C)C)C(=O)O)cc(C(=O)N1CCN(c3ccc4c(cnn4C)c3)CC1)n2C. The van der Waals surface area contributed by atoms with Gasteiger partial charge in [0.05, 0.1) is 17.3 Å². The number of pyridine rings is 1. The molecule has 4 heterocycles. The summed E-state index contributed by atoms with van der Waals surface area (Å²) in [5.74, 6) is -1.13. The standard InChI is InChI=1S/C28H34N6O4/c1-17-21(24(27(36)37)38-28(2,3)4)14-18-15-23(31(5)25(18)30-17)26(35)34-11-9-33(10-12-34)20-7-8-22-19(13-20)16-29-32(22)6/h7-8,13-16,24H,9-12H2,1-6H3,(H,36,37)/t24-/m0/s1. The molecule has 4 aromatic rings. The smallest absolute Gasteiger partial charge is 0.337 e. The molecule has 1 amide bonds. The number of aliphatic carboxylic acids is 1. The van der Waals surface area contributed by atoms with Crippen molar-refractivity contribution in [2.45, 2.75) is 39.4 Å². The molecule has 0 aliphatic carbocycles. The first-order valence-corrected chi connectivity index (χ1v) is 12.8. The molecule has 1 fully saturated rings. The first kappa shape index (κ1) is 25.7. The van der Waals surface area contributed by atoms with E-state index in [1.165, 1.54) is 0 Å². The zero-order valence-corrected chi connectivity index (χ0v) is 22.7. The van der Waals surface area contributed by atoms with E-state index in [4.69, 9.17) is 4.74 Å². The number of aromatic nitrogens is 4. The van der Waals surface area contributed by atoms with Crippen molar-refractivity contribution >= 4 is 39.5 Å². The number of hydrogen-bond acceptors (Lipinski definition) is 6. The molecule has 0 bridgehead atoms. The van der Waals surface area contributed by atoms with Crippen molar-refractivity contribution in [3.63, 3.8) is 0 Å². The quantitative estimate of drug-likeness (QED) is 0.430. The average molecular weight is 519 g/mol. The van der Waals surface area contributed by atoms with Gasteiger partial charge in [-0.1, -0.05) is 0 Å². The van der Waals surface area contributed by atoms with Crippen molar-refractivity contribution in [1.82, 2.24) is 24.2 Å². The molecule has 0 saturated carbocycles. The Hall–Kier alpha value is -3.92. The van der Waals surface area contributed by atoms with Gasteiger partial charge in [0, 0.05) is 68.0 Å². The van der Waals surface area contributed by atoms with E-state index in [2.05, 4.69) is 33.2 Å². The van der Waals surface area contributed by atoms with E-state index < -0.39 is 17.7 Å². The summed E-state index contributed by atoms with van der Waals surface area (Å²) >= 11 is 0. The van der Waals surface area contributed by atoms with Crippen molar-refractivity contribution in [2.75, 3.05) is 31.1 Å². The lowest BCUT2D eigenvalue weighted by molar-refractivity contribution is -0.160. The lowest BCUT2D eigenvalue weighted by Gasteiger charge is -2.36. The Morgan fingerprint density at radius 2 is 1.74 bits per heavy atom. The molecule has 1 aliphatic rings. The molecule has 3 aromatic heterocycles. The minimum Gasteiger partial charge on any atom is -0.479 e. The molecule has 1 aromatic carbocycles. The highest BCUT2D eigenvalue weighted by molar-refractivity contribution is 5.98. The number of carboxylic acids is 1. The third-order valence-corrected chi connectivity index (χ3v) is 7.09. The van der Waals surface area contributed by atoms with Crippen LogP contribution < -0.4 is 4.90 Å². The fourth-order valence-corrected chi connectivity index (χ4v) is 5.11. The maximum Gasteiger partial charge on any atom is 0.337 e. The van der Waals surface area contributed by atoms with Gasteiger partial charge in [0.15, 0.2) is 6.10 Å². The van der Waals surface area contributed by atoms with Gasteiger partial charge in [-0.2, -0.15) is 5.10 Å². The number of benzene rings is 1. The Morgan fingerprint density at radius 1 is 1.03 bits per heavy atom. The number of piperazine rings is 1. The Kier molecular flexibility index (Phi) is 6.38. The van der Waals surface area contributed by atoms with E-state index in [0.717, 1.165) is 29.7 Å². The number of carbonyl (C=O) groups excluding carboxylic acids is 1. The van der Waals surface area contributed by atoms with Crippen LogP contribution in [0.25, 0.3) is 21.9 Å². The summed E-state index contributed by atoms with van der Waals surface area (Å²) in [6, 6.07) is 9.90. The highest BCUT2D eigenvalue weighted by Gasteiger charge is 2.30. The molecular weight excluding hydrogens is 484 g/mol. The van der Waals surface area contributed by atoms with Crippen LogP contribution in [0.15, 0.2) is 36.5 Å². The van der Waals surface area contributed by atoms with E-state index in [-0.39, 0.29) is 5.91 Å². The average Bonchev–Trinajstić information content (AvgIpc) is 3.40. The number of anilines is 1. The molecule has 1 N–H and O–H groups in total. The Bertz CT molecular complexity index is 1540. The Labute approximate surface area is 221 Å². The van der Waals surface area contributed by atoms with Gasteiger partial charge in [-0.25, -0.2) is 9.78 Å². The lowest BCUT2D eigenvalue weighted by Crippen LogP contribution is -2.49. The summed E-state index contributed by atoms with van der Waals surface area (Å²) in [7, 11) is 3.75. The molecule has 5 rings (SSSR count). The Balaban J connectivity index is 1.36. The highest BCUT2D eigenvalue weighted by atomic mass is 16.5. The second-order valence-corrected chi connectivity index (χ2v) is 10.9. The van der Waals surface area contributed by atoms with Crippen LogP contribution in [-0.2, 0) is 23.6 Å². The van der Waals surface area contributed by atoms with E-state index >= 15 is 0 Å². The molecule has 0 unspecified atom stereocenters. The summed E-state index contributed by atoms with van der Waals surface area (Å²) < 4.78 is 9.48. The number of nitrogens with zero attached hydrogens (tertiary/aromatic N) is 6. The number of rotatable bonds is 5. The molecule has 1 atom stereocenters. The molecule has 0 spiro atoms. The number of hydrogen-bond donors (Lipinski definition) is 1. The van der Waals surface area contributed by atoms with Crippen molar-refractivity contribution in [1.29, 1.82) is 0 Å². The maximum absolute atomic E-state index is 13.5. The molecule has 1 saturated heterocycles. The first-order valence-electron chi connectivity index (χ1n) is 12.8. The zero-order chi connectivity index (χ0) is 27.4. The number of fused-ring (bicyclic) bond motifs is 2. The first-order chi connectivity index (χ1) is 17.9. The molecule has 10 heteroatoms. The van der Waals surface area contributed by atoms with Gasteiger partial charge in [0.1, 0.15) is 11.3 Å². The minimum atomic E-state index is -1.15. The van der Waals surface area contributed by atoms with Crippen LogP contribution in [0.4, 0.5) is 5.69 Å². The van der Waals surface area contributed by atoms with Crippen molar-refractivity contribution in [3.05, 3.63) is 53.5 Å². The molecule has 1 aliphatic heterocycles.